The third-order valence-corrected chi connectivity index (χ3v) is 4.26. The van der Waals surface area contributed by atoms with Crippen LogP contribution in [0.1, 0.15) is 11.3 Å². The molecule has 0 aliphatic carbocycles. The number of amides is 1. The number of hydrogen-bond acceptors (Lipinski definition) is 5. The van der Waals surface area contributed by atoms with Crippen LogP contribution >= 0.6 is 11.6 Å². The molecule has 134 valence electrons. The van der Waals surface area contributed by atoms with E-state index in [-0.39, 0.29) is 5.57 Å². The van der Waals surface area contributed by atoms with E-state index in [4.69, 9.17) is 20.8 Å². The Labute approximate surface area is 156 Å². The molecule has 1 aliphatic rings. The van der Waals surface area contributed by atoms with Gasteiger partial charge in [0.15, 0.2) is 5.88 Å². The predicted octanol–water partition coefficient (Wildman–Crippen LogP) is 3.62. The number of aryl methyl sites for hydroxylation is 1. The highest BCUT2D eigenvalue weighted by molar-refractivity contribution is 6.30. The molecule has 0 saturated carbocycles. The zero-order valence-electron chi connectivity index (χ0n) is 14.3. The van der Waals surface area contributed by atoms with Gasteiger partial charge in [0.1, 0.15) is 17.4 Å². The number of carbonyl (C=O) groups excluding carboxylic acids is 1. The van der Waals surface area contributed by atoms with E-state index in [1.54, 1.807) is 24.3 Å². The summed E-state index contributed by atoms with van der Waals surface area (Å²) in [4.78, 5) is 14.4. The highest BCUT2D eigenvalue weighted by Crippen LogP contribution is 2.23. The molecule has 6 nitrogen and oxygen atoms in total. The zero-order valence-corrected chi connectivity index (χ0v) is 15.0. The Morgan fingerprint density at radius 1 is 1.31 bits per heavy atom. The molecule has 1 saturated heterocycles. The van der Waals surface area contributed by atoms with E-state index in [0.717, 1.165) is 18.7 Å². The minimum atomic E-state index is -0.498. The number of furan rings is 1. The first-order chi connectivity index (χ1) is 12.6. The molecule has 0 spiro atoms. The van der Waals surface area contributed by atoms with Crippen LogP contribution in [-0.2, 0) is 9.53 Å². The Bertz CT molecular complexity index is 876. The van der Waals surface area contributed by atoms with Crippen molar-refractivity contribution in [3.05, 3.63) is 52.3 Å². The summed E-state index contributed by atoms with van der Waals surface area (Å²) in [6.07, 6.45) is 1.44. The number of nitrogens with one attached hydrogen (secondary N) is 1. The Hall–Kier alpha value is -2.75. The molecule has 2 heterocycles. The van der Waals surface area contributed by atoms with Crippen LogP contribution in [0.5, 0.6) is 0 Å². The number of anilines is 2. The number of hydrogen-bond donors (Lipinski definition) is 1. The van der Waals surface area contributed by atoms with Gasteiger partial charge in [0, 0.05) is 35.9 Å². The Kier molecular flexibility index (Phi) is 5.61. The second-order valence-corrected chi connectivity index (χ2v) is 6.30. The molecule has 0 unspecified atom stereocenters. The van der Waals surface area contributed by atoms with Crippen molar-refractivity contribution in [2.75, 3.05) is 36.5 Å². The van der Waals surface area contributed by atoms with Gasteiger partial charge in [-0.25, -0.2) is 0 Å². The lowest BCUT2D eigenvalue weighted by molar-refractivity contribution is -0.112. The molecule has 1 aromatic carbocycles. The average Bonchev–Trinajstić information content (AvgIpc) is 3.11. The minimum Gasteiger partial charge on any atom is -0.441 e. The molecule has 0 bridgehead atoms. The summed E-state index contributed by atoms with van der Waals surface area (Å²) >= 11 is 5.92. The average molecular weight is 372 g/mol. The van der Waals surface area contributed by atoms with E-state index in [1.165, 1.54) is 6.08 Å². The fourth-order valence-electron chi connectivity index (χ4n) is 2.62. The fraction of sp³-hybridized carbons (Fsp3) is 0.263. The normalized spacial score (nSPS) is 14.8. The van der Waals surface area contributed by atoms with Crippen molar-refractivity contribution in [3.8, 4) is 6.07 Å². The summed E-state index contributed by atoms with van der Waals surface area (Å²) in [5.41, 5.74) is 1.38. The number of halogens is 1. The summed E-state index contributed by atoms with van der Waals surface area (Å²) in [5, 5.41) is 12.6. The minimum absolute atomic E-state index is 0.0396. The van der Waals surface area contributed by atoms with Crippen LogP contribution in [-0.4, -0.2) is 32.2 Å². The molecule has 0 radical (unpaired) electrons. The molecule has 1 N–H and O–H groups in total. The molecule has 1 aromatic heterocycles. The predicted molar refractivity (Wildman–Crippen MR) is 100 cm³/mol. The van der Waals surface area contributed by atoms with Crippen LogP contribution in [0, 0.1) is 18.3 Å². The molecule has 3 rings (SSSR count). The Morgan fingerprint density at radius 2 is 2.08 bits per heavy atom. The van der Waals surface area contributed by atoms with Crippen LogP contribution in [0.4, 0.5) is 11.6 Å². The molecule has 2 aromatic rings. The second-order valence-electron chi connectivity index (χ2n) is 5.86. The van der Waals surface area contributed by atoms with E-state index in [1.807, 2.05) is 19.1 Å². The standard InChI is InChI=1S/C19H18ClN3O3/c1-13-10-15(20)2-4-17(13)22-19(24)14(12-21)11-16-3-5-18(26-16)23-6-8-25-9-7-23/h2-5,10-11H,6-9H2,1H3,(H,22,24)/b14-11-. The first-order valence-corrected chi connectivity index (χ1v) is 8.56. The third kappa shape index (κ3) is 4.26. The summed E-state index contributed by atoms with van der Waals surface area (Å²) in [6, 6.07) is 10.6. The summed E-state index contributed by atoms with van der Waals surface area (Å²) in [5.74, 6) is 0.652. The van der Waals surface area contributed by atoms with Crippen LogP contribution in [0.25, 0.3) is 6.08 Å². The lowest BCUT2D eigenvalue weighted by atomic mass is 10.1. The maximum absolute atomic E-state index is 12.4. The first-order valence-electron chi connectivity index (χ1n) is 8.18. The molecular formula is C19H18ClN3O3. The lowest BCUT2D eigenvalue weighted by Crippen LogP contribution is -2.35. The maximum atomic E-state index is 12.4. The maximum Gasteiger partial charge on any atom is 0.266 e. The van der Waals surface area contributed by atoms with E-state index in [0.29, 0.717) is 35.6 Å². The third-order valence-electron chi connectivity index (χ3n) is 4.02. The van der Waals surface area contributed by atoms with Gasteiger partial charge in [-0.1, -0.05) is 11.6 Å². The van der Waals surface area contributed by atoms with Crippen molar-refractivity contribution < 1.29 is 13.9 Å². The Morgan fingerprint density at radius 3 is 2.77 bits per heavy atom. The van der Waals surface area contributed by atoms with E-state index in [9.17, 15) is 10.1 Å². The highest BCUT2D eigenvalue weighted by atomic mass is 35.5. The monoisotopic (exact) mass is 371 g/mol. The number of ether oxygens (including phenoxy) is 1. The molecule has 7 heteroatoms. The molecule has 0 atom stereocenters. The quantitative estimate of drug-likeness (QED) is 0.656. The number of benzene rings is 1. The zero-order chi connectivity index (χ0) is 18.5. The van der Waals surface area contributed by atoms with Gasteiger partial charge in [0.2, 0.25) is 0 Å². The van der Waals surface area contributed by atoms with Crippen LogP contribution in [0.3, 0.4) is 0 Å². The van der Waals surface area contributed by atoms with Gasteiger partial charge >= 0.3 is 0 Å². The molecule has 26 heavy (non-hydrogen) atoms. The van der Waals surface area contributed by atoms with Gasteiger partial charge in [-0.2, -0.15) is 5.26 Å². The fourth-order valence-corrected chi connectivity index (χ4v) is 2.85. The van der Waals surface area contributed by atoms with Gasteiger partial charge in [0.05, 0.1) is 13.2 Å². The van der Waals surface area contributed by atoms with Gasteiger partial charge < -0.3 is 19.4 Å². The number of nitriles is 1. The SMILES string of the molecule is Cc1cc(Cl)ccc1NC(=O)/C(C#N)=C\c1ccc(N2CCOCC2)o1. The van der Waals surface area contributed by atoms with E-state index in [2.05, 4.69) is 10.2 Å². The summed E-state index contributed by atoms with van der Waals surface area (Å²) < 4.78 is 11.1. The summed E-state index contributed by atoms with van der Waals surface area (Å²) in [7, 11) is 0. The van der Waals surface area contributed by atoms with Gasteiger partial charge in [-0.3, -0.25) is 4.79 Å². The largest absolute Gasteiger partial charge is 0.441 e. The number of rotatable bonds is 4. The summed E-state index contributed by atoms with van der Waals surface area (Å²) in [6.45, 7) is 4.63. The lowest BCUT2D eigenvalue weighted by Gasteiger charge is -2.26. The second kappa shape index (κ2) is 8.09. The van der Waals surface area contributed by atoms with Gasteiger partial charge in [-0.05, 0) is 36.8 Å². The molecule has 1 fully saturated rings. The molecular weight excluding hydrogens is 354 g/mol. The topological polar surface area (TPSA) is 78.5 Å². The van der Waals surface area contributed by atoms with Gasteiger partial charge in [-0.15, -0.1) is 0 Å². The number of carbonyl (C=O) groups is 1. The van der Waals surface area contributed by atoms with Crippen LogP contribution in [0.15, 0.2) is 40.3 Å². The van der Waals surface area contributed by atoms with Gasteiger partial charge in [0.25, 0.3) is 5.91 Å². The van der Waals surface area contributed by atoms with Crippen LogP contribution in [0.2, 0.25) is 5.02 Å². The van der Waals surface area contributed by atoms with Crippen molar-refractivity contribution in [1.29, 1.82) is 5.26 Å². The number of nitrogens with zero attached hydrogens (tertiary/aromatic N) is 2. The highest BCUT2D eigenvalue weighted by Gasteiger charge is 2.16. The van der Waals surface area contributed by atoms with Crippen LogP contribution < -0.4 is 10.2 Å². The Balaban J connectivity index is 1.74. The van der Waals surface area contributed by atoms with Crippen molar-refractivity contribution in [1.82, 2.24) is 0 Å². The van der Waals surface area contributed by atoms with Crippen molar-refractivity contribution in [3.63, 3.8) is 0 Å². The molecule has 1 amide bonds. The first kappa shape index (κ1) is 18.1. The smallest absolute Gasteiger partial charge is 0.266 e. The molecule has 1 aliphatic heterocycles. The van der Waals surface area contributed by atoms with E-state index >= 15 is 0 Å². The van der Waals surface area contributed by atoms with Crippen molar-refractivity contribution in [2.24, 2.45) is 0 Å². The van der Waals surface area contributed by atoms with E-state index < -0.39 is 5.91 Å². The van der Waals surface area contributed by atoms with Crippen molar-refractivity contribution >= 4 is 35.2 Å². The number of morpholine rings is 1. The van der Waals surface area contributed by atoms with Crippen molar-refractivity contribution in [2.45, 2.75) is 6.92 Å².